The third kappa shape index (κ3) is 3.94. The summed E-state index contributed by atoms with van der Waals surface area (Å²) in [6, 6.07) is 24.7. The van der Waals surface area contributed by atoms with E-state index in [2.05, 4.69) is 73.2 Å². The normalized spacial score (nSPS) is 13.9. The van der Waals surface area contributed by atoms with Crippen LogP contribution in [0.15, 0.2) is 81.7 Å². The second kappa shape index (κ2) is 7.87. The first-order chi connectivity index (χ1) is 13.1. The van der Waals surface area contributed by atoms with Crippen LogP contribution in [0.1, 0.15) is 12.8 Å². The van der Waals surface area contributed by atoms with Crippen molar-refractivity contribution >= 4 is 60.5 Å². The molecule has 0 aromatic heterocycles. The van der Waals surface area contributed by atoms with Crippen LogP contribution in [0.4, 0.5) is 22.7 Å². The fourth-order valence-corrected chi connectivity index (χ4v) is 3.86. The molecule has 0 N–H and O–H groups in total. The summed E-state index contributed by atoms with van der Waals surface area (Å²) in [4.78, 5) is 16.1. The van der Waals surface area contributed by atoms with Gasteiger partial charge in [-0.15, -0.1) is 0 Å². The summed E-state index contributed by atoms with van der Waals surface area (Å²) in [5, 5.41) is 0. The van der Waals surface area contributed by atoms with Crippen molar-refractivity contribution in [2.45, 2.75) is 12.8 Å². The minimum absolute atomic E-state index is 0.209. The zero-order chi connectivity index (χ0) is 18.8. The first-order valence-electron chi connectivity index (χ1n) is 8.83. The van der Waals surface area contributed by atoms with Crippen molar-refractivity contribution < 1.29 is 4.79 Å². The summed E-state index contributed by atoms with van der Waals surface area (Å²) in [5.74, 6) is 0.209. The van der Waals surface area contributed by atoms with Crippen LogP contribution < -0.4 is 9.80 Å². The van der Waals surface area contributed by atoms with Gasteiger partial charge in [0.25, 0.3) is 0 Å². The molecular weight excluding hydrogens is 468 g/mol. The highest BCUT2D eigenvalue weighted by molar-refractivity contribution is 9.10. The van der Waals surface area contributed by atoms with E-state index in [0.717, 1.165) is 44.7 Å². The molecule has 0 bridgehead atoms. The maximum Gasteiger partial charge on any atom is 0.227 e. The molecule has 3 nitrogen and oxygen atoms in total. The third-order valence-electron chi connectivity index (χ3n) is 4.66. The lowest BCUT2D eigenvalue weighted by molar-refractivity contribution is -0.117. The van der Waals surface area contributed by atoms with Gasteiger partial charge in [-0.1, -0.05) is 31.9 Å². The molecule has 1 heterocycles. The molecule has 3 aromatic carbocycles. The van der Waals surface area contributed by atoms with Gasteiger partial charge in [0.15, 0.2) is 0 Å². The van der Waals surface area contributed by atoms with Crippen molar-refractivity contribution in [1.29, 1.82) is 0 Å². The molecule has 5 heteroatoms. The number of hydrogen-bond donors (Lipinski definition) is 0. The van der Waals surface area contributed by atoms with E-state index in [4.69, 9.17) is 0 Å². The van der Waals surface area contributed by atoms with E-state index in [-0.39, 0.29) is 5.91 Å². The van der Waals surface area contributed by atoms with Crippen LogP contribution in [0.25, 0.3) is 0 Å². The SMILES string of the molecule is O=C1CCCN1c1ccc(N(c2ccc(Br)cc2)c2ccc(Br)cc2)cc1. The van der Waals surface area contributed by atoms with E-state index < -0.39 is 0 Å². The molecule has 1 aliphatic rings. The van der Waals surface area contributed by atoms with Crippen LogP contribution in [0, 0.1) is 0 Å². The van der Waals surface area contributed by atoms with Gasteiger partial charge in [-0.25, -0.2) is 0 Å². The molecule has 4 rings (SSSR count). The molecule has 0 radical (unpaired) electrons. The molecule has 0 aliphatic carbocycles. The van der Waals surface area contributed by atoms with Gasteiger partial charge >= 0.3 is 0 Å². The maximum atomic E-state index is 12.0. The monoisotopic (exact) mass is 484 g/mol. The first kappa shape index (κ1) is 18.3. The van der Waals surface area contributed by atoms with Crippen molar-refractivity contribution in [3.8, 4) is 0 Å². The van der Waals surface area contributed by atoms with Gasteiger partial charge in [0.05, 0.1) is 0 Å². The summed E-state index contributed by atoms with van der Waals surface area (Å²) in [5.41, 5.74) is 4.17. The fraction of sp³-hybridized carbons (Fsp3) is 0.136. The maximum absolute atomic E-state index is 12.0. The molecular formula is C22H18Br2N2O. The Labute approximate surface area is 175 Å². The highest BCUT2D eigenvalue weighted by Gasteiger charge is 2.22. The highest BCUT2D eigenvalue weighted by Crippen LogP contribution is 2.36. The van der Waals surface area contributed by atoms with Crippen LogP contribution in [-0.2, 0) is 4.79 Å². The number of amides is 1. The number of nitrogens with zero attached hydrogens (tertiary/aromatic N) is 2. The van der Waals surface area contributed by atoms with Crippen LogP contribution in [0.2, 0.25) is 0 Å². The lowest BCUT2D eigenvalue weighted by Gasteiger charge is -2.26. The summed E-state index contributed by atoms with van der Waals surface area (Å²) in [7, 11) is 0. The average Bonchev–Trinajstić information content (AvgIpc) is 3.11. The largest absolute Gasteiger partial charge is 0.312 e. The second-order valence-electron chi connectivity index (χ2n) is 6.45. The summed E-state index contributed by atoms with van der Waals surface area (Å²) in [6.07, 6.45) is 1.58. The number of carbonyl (C=O) groups is 1. The standard InChI is InChI=1S/C22H18Br2N2O/c23-16-3-7-19(8-4-16)26(20-9-5-17(24)6-10-20)21-13-11-18(12-14-21)25-15-1-2-22(25)27/h3-14H,1-2,15H2. The minimum atomic E-state index is 0.209. The van der Waals surface area contributed by atoms with E-state index >= 15 is 0 Å². The van der Waals surface area contributed by atoms with Crippen molar-refractivity contribution in [1.82, 2.24) is 0 Å². The first-order valence-corrected chi connectivity index (χ1v) is 10.4. The molecule has 1 fully saturated rings. The van der Waals surface area contributed by atoms with Crippen molar-refractivity contribution in [2.24, 2.45) is 0 Å². The van der Waals surface area contributed by atoms with Crippen LogP contribution in [0.3, 0.4) is 0 Å². The van der Waals surface area contributed by atoms with Gasteiger partial charge < -0.3 is 9.80 Å². The van der Waals surface area contributed by atoms with Crippen LogP contribution >= 0.6 is 31.9 Å². The molecule has 0 atom stereocenters. The quantitative estimate of drug-likeness (QED) is 0.405. The minimum Gasteiger partial charge on any atom is -0.312 e. The number of hydrogen-bond acceptors (Lipinski definition) is 2. The topological polar surface area (TPSA) is 23.6 Å². The summed E-state index contributed by atoms with van der Waals surface area (Å²) >= 11 is 7.01. The molecule has 0 unspecified atom stereocenters. The predicted molar refractivity (Wildman–Crippen MR) is 118 cm³/mol. The van der Waals surface area contributed by atoms with E-state index in [1.807, 2.05) is 41.3 Å². The Morgan fingerprint density at radius 2 is 1.15 bits per heavy atom. The Balaban J connectivity index is 1.72. The smallest absolute Gasteiger partial charge is 0.227 e. The van der Waals surface area contributed by atoms with Crippen molar-refractivity contribution in [2.75, 3.05) is 16.3 Å². The Morgan fingerprint density at radius 3 is 1.56 bits per heavy atom. The van der Waals surface area contributed by atoms with Crippen molar-refractivity contribution in [3.63, 3.8) is 0 Å². The molecule has 1 saturated heterocycles. The molecule has 1 aliphatic heterocycles. The van der Waals surface area contributed by atoms with E-state index in [0.29, 0.717) is 6.42 Å². The van der Waals surface area contributed by atoms with Gasteiger partial charge in [-0.3, -0.25) is 4.79 Å². The lowest BCUT2D eigenvalue weighted by atomic mass is 10.2. The molecule has 3 aromatic rings. The number of benzene rings is 3. The summed E-state index contributed by atoms with van der Waals surface area (Å²) < 4.78 is 2.09. The van der Waals surface area contributed by atoms with Gasteiger partial charge in [0.2, 0.25) is 5.91 Å². The molecule has 136 valence electrons. The zero-order valence-corrected chi connectivity index (χ0v) is 17.8. The van der Waals surface area contributed by atoms with Crippen molar-refractivity contribution in [3.05, 3.63) is 81.7 Å². The van der Waals surface area contributed by atoms with Gasteiger partial charge in [0.1, 0.15) is 0 Å². The Morgan fingerprint density at radius 1 is 0.704 bits per heavy atom. The van der Waals surface area contributed by atoms with Crippen LogP contribution in [0.5, 0.6) is 0 Å². The second-order valence-corrected chi connectivity index (χ2v) is 8.28. The number of anilines is 4. The molecule has 0 saturated carbocycles. The van der Waals surface area contributed by atoms with E-state index in [1.165, 1.54) is 0 Å². The Bertz CT molecular complexity index is 892. The van der Waals surface area contributed by atoms with Crippen LogP contribution in [-0.4, -0.2) is 12.5 Å². The van der Waals surface area contributed by atoms with E-state index in [1.54, 1.807) is 0 Å². The third-order valence-corrected chi connectivity index (χ3v) is 5.72. The molecule has 0 spiro atoms. The van der Waals surface area contributed by atoms with Gasteiger partial charge in [-0.05, 0) is 79.2 Å². The molecule has 27 heavy (non-hydrogen) atoms. The number of rotatable bonds is 4. The average molecular weight is 486 g/mol. The summed E-state index contributed by atoms with van der Waals surface area (Å²) in [6.45, 7) is 0.807. The number of halogens is 2. The Kier molecular flexibility index (Phi) is 5.32. The van der Waals surface area contributed by atoms with Gasteiger partial charge in [0, 0.05) is 44.7 Å². The zero-order valence-electron chi connectivity index (χ0n) is 14.6. The fourth-order valence-electron chi connectivity index (χ4n) is 3.33. The highest BCUT2D eigenvalue weighted by atomic mass is 79.9. The number of carbonyl (C=O) groups excluding carboxylic acids is 1. The van der Waals surface area contributed by atoms with Gasteiger partial charge in [-0.2, -0.15) is 0 Å². The lowest BCUT2D eigenvalue weighted by Crippen LogP contribution is -2.23. The molecule has 1 amide bonds. The predicted octanol–water partition coefficient (Wildman–Crippen LogP) is 6.81. The van der Waals surface area contributed by atoms with E-state index in [9.17, 15) is 4.79 Å². The Hall–Kier alpha value is -2.11.